The van der Waals surface area contributed by atoms with E-state index in [2.05, 4.69) is 65.4 Å². The molecule has 0 aromatic heterocycles. The fraction of sp³-hybridized carbons (Fsp3) is 0.615. The lowest BCUT2D eigenvalue weighted by Crippen LogP contribution is -2.61. The van der Waals surface area contributed by atoms with Gasteiger partial charge in [-0.3, -0.25) is 4.90 Å². The van der Waals surface area contributed by atoms with Crippen LogP contribution < -0.4 is 10.6 Å². The normalized spacial score (nSPS) is 33.8. The summed E-state index contributed by atoms with van der Waals surface area (Å²) in [5.74, 6) is 2.55. The summed E-state index contributed by atoms with van der Waals surface area (Å²) in [4.78, 5) is 15.6. The predicted molar refractivity (Wildman–Crippen MR) is 180 cm³/mol. The Morgan fingerprint density at radius 2 is 1.54 bits per heavy atom. The number of ether oxygens (including phenoxy) is 2. The molecule has 3 N–H and O–H groups in total. The van der Waals surface area contributed by atoms with Gasteiger partial charge in [0, 0.05) is 42.7 Å². The number of aliphatic hydroxyl groups excluding tert-OH is 1. The van der Waals surface area contributed by atoms with Crippen molar-refractivity contribution in [3.05, 3.63) is 83.4 Å². The molecular formula is C39H53N3O4. The highest BCUT2D eigenvalue weighted by molar-refractivity contribution is 5.75. The van der Waals surface area contributed by atoms with E-state index in [1.807, 2.05) is 18.2 Å². The van der Waals surface area contributed by atoms with E-state index in [1.54, 1.807) is 0 Å². The highest BCUT2D eigenvalue weighted by Gasteiger charge is 2.51. The highest BCUT2D eigenvalue weighted by Crippen LogP contribution is 2.55. The smallest absolute Gasteiger partial charge is 0.315 e. The van der Waals surface area contributed by atoms with Gasteiger partial charge in [-0.1, -0.05) is 74.4 Å². The van der Waals surface area contributed by atoms with Gasteiger partial charge in [-0.25, -0.2) is 4.79 Å². The van der Waals surface area contributed by atoms with Crippen LogP contribution in [0.25, 0.3) is 0 Å². The Bertz CT molecular complexity index is 1300. The lowest BCUT2D eigenvalue weighted by Gasteiger charge is -2.56. The van der Waals surface area contributed by atoms with Crippen molar-refractivity contribution in [1.82, 2.24) is 15.5 Å². The summed E-state index contributed by atoms with van der Waals surface area (Å²) in [5.41, 5.74) is 4.04. The Labute approximate surface area is 275 Å². The summed E-state index contributed by atoms with van der Waals surface area (Å²) in [6.45, 7) is 8.49. The van der Waals surface area contributed by atoms with E-state index >= 15 is 0 Å². The molecule has 4 atom stereocenters. The average molecular weight is 628 g/mol. The van der Waals surface area contributed by atoms with Crippen molar-refractivity contribution in [1.29, 1.82) is 0 Å². The second-order valence-corrected chi connectivity index (χ2v) is 15.2. The largest absolute Gasteiger partial charge is 0.392 e. The summed E-state index contributed by atoms with van der Waals surface area (Å²) in [5, 5.41) is 16.2. The van der Waals surface area contributed by atoms with E-state index < -0.39 is 6.29 Å². The molecule has 248 valence electrons. The Balaban J connectivity index is 1.02. The van der Waals surface area contributed by atoms with E-state index in [9.17, 15) is 9.90 Å². The topological polar surface area (TPSA) is 83.1 Å². The average Bonchev–Trinajstić information content (AvgIpc) is 3.59. The van der Waals surface area contributed by atoms with E-state index in [0.717, 1.165) is 72.4 Å². The maximum atomic E-state index is 13.0. The lowest BCUT2D eigenvalue weighted by atomic mass is 9.53. The van der Waals surface area contributed by atoms with Gasteiger partial charge in [0.05, 0.1) is 18.8 Å². The zero-order chi connectivity index (χ0) is 31.7. The standard InChI is InChI=1S/C39H53N3O4/c1-3-16-42(34-6-4-5-7-34)24-35-26(2)36(32-12-10-28(25-43)11-13-32)46-37(45-35)33-14-8-27(9-15-33)23-40-38(44)41-39-20-29-17-30(21-39)19-31(18-29)22-39/h3,8-15,26,29-31,34-37,43H,1,4-7,16-25H2,2H3,(H2,40,41,44). The summed E-state index contributed by atoms with van der Waals surface area (Å²) in [6.07, 6.45) is 14.0. The zero-order valence-electron chi connectivity index (χ0n) is 27.5. The molecule has 1 heterocycles. The molecule has 46 heavy (non-hydrogen) atoms. The molecule has 2 amide bonds. The first kappa shape index (κ1) is 31.9. The van der Waals surface area contributed by atoms with Crippen molar-refractivity contribution >= 4 is 6.03 Å². The van der Waals surface area contributed by atoms with Crippen LogP contribution in [0.4, 0.5) is 4.79 Å². The van der Waals surface area contributed by atoms with Crippen molar-refractivity contribution in [3.63, 3.8) is 0 Å². The number of amides is 2. The predicted octanol–water partition coefficient (Wildman–Crippen LogP) is 7.17. The van der Waals surface area contributed by atoms with Gasteiger partial charge >= 0.3 is 6.03 Å². The fourth-order valence-electron chi connectivity index (χ4n) is 9.89. The van der Waals surface area contributed by atoms with Crippen LogP contribution in [0, 0.1) is 23.7 Å². The number of urea groups is 1. The molecule has 8 rings (SSSR count). The van der Waals surface area contributed by atoms with Crippen LogP contribution in [0.15, 0.2) is 61.2 Å². The molecule has 5 aliphatic carbocycles. The number of hydrogen-bond donors (Lipinski definition) is 3. The molecule has 5 saturated carbocycles. The summed E-state index contributed by atoms with van der Waals surface area (Å²) in [6, 6.07) is 17.0. The van der Waals surface area contributed by atoms with Gasteiger partial charge in [0.2, 0.25) is 0 Å². The number of nitrogens with one attached hydrogen (secondary N) is 2. The van der Waals surface area contributed by atoms with Crippen LogP contribution in [-0.2, 0) is 22.6 Å². The van der Waals surface area contributed by atoms with Gasteiger partial charge in [-0.05, 0) is 85.8 Å². The first-order chi connectivity index (χ1) is 22.4. The van der Waals surface area contributed by atoms with E-state index in [4.69, 9.17) is 9.47 Å². The van der Waals surface area contributed by atoms with Crippen LogP contribution in [0.1, 0.15) is 106 Å². The minimum atomic E-state index is -0.501. The number of benzene rings is 2. The molecule has 1 aliphatic heterocycles. The van der Waals surface area contributed by atoms with Crippen LogP contribution in [-0.4, -0.2) is 46.8 Å². The number of carbonyl (C=O) groups excluding carboxylic acids is 1. The Morgan fingerprint density at radius 1 is 0.935 bits per heavy atom. The second-order valence-electron chi connectivity index (χ2n) is 15.2. The van der Waals surface area contributed by atoms with E-state index in [1.165, 1.54) is 44.9 Å². The molecule has 2 aromatic rings. The van der Waals surface area contributed by atoms with Crippen LogP contribution in [0.5, 0.6) is 0 Å². The first-order valence-electron chi connectivity index (χ1n) is 17.9. The quantitative estimate of drug-likeness (QED) is 0.230. The van der Waals surface area contributed by atoms with Gasteiger partial charge < -0.3 is 25.2 Å². The molecule has 7 heteroatoms. The van der Waals surface area contributed by atoms with Crippen molar-refractivity contribution in [3.8, 4) is 0 Å². The van der Waals surface area contributed by atoms with Gasteiger partial charge in [-0.2, -0.15) is 0 Å². The summed E-state index contributed by atoms with van der Waals surface area (Å²) >= 11 is 0. The molecule has 6 aliphatic rings. The zero-order valence-corrected chi connectivity index (χ0v) is 27.5. The van der Waals surface area contributed by atoms with Crippen molar-refractivity contribution in [2.24, 2.45) is 23.7 Å². The molecule has 0 radical (unpaired) electrons. The Kier molecular flexibility index (Phi) is 9.56. The second kappa shape index (κ2) is 13.8. The highest BCUT2D eigenvalue weighted by atomic mass is 16.7. The first-order valence-corrected chi connectivity index (χ1v) is 17.9. The number of nitrogens with zero attached hydrogens (tertiary/aromatic N) is 1. The number of hydrogen-bond acceptors (Lipinski definition) is 5. The molecule has 0 spiro atoms. The van der Waals surface area contributed by atoms with E-state index in [0.29, 0.717) is 12.6 Å². The van der Waals surface area contributed by atoms with Gasteiger partial charge in [0.1, 0.15) is 0 Å². The van der Waals surface area contributed by atoms with Crippen LogP contribution in [0.2, 0.25) is 0 Å². The summed E-state index contributed by atoms with van der Waals surface area (Å²) in [7, 11) is 0. The third-order valence-electron chi connectivity index (χ3n) is 11.9. The minimum Gasteiger partial charge on any atom is -0.392 e. The Hall–Kier alpha value is -2.71. The number of rotatable bonds is 11. The molecule has 1 saturated heterocycles. The minimum absolute atomic E-state index is 0.0139. The maximum absolute atomic E-state index is 13.0. The molecular weight excluding hydrogens is 574 g/mol. The van der Waals surface area contributed by atoms with Crippen molar-refractivity contribution in [2.75, 3.05) is 13.1 Å². The maximum Gasteiger partial charge on any atom is 0.315 e. The third-order valence-corrected chi connectivity index (χ3v) is 11.9. The van der Waals surface area contributed by atoms with Gasteiger partial charge in [0.25, 0.3) is 0 Å². The molecule has 4 bridgehead atoms. The fourth-order valence-corrected chi connectivity index (χ4v) is 9.89. The molecule has 6 fully saturated rings. The lowest BCUT2D eigenvalue weighted by molar-refractivity contribution is -0.276. The third kappa shape index (κ3) is 6.94. The number of aliphatic hydroxyl groups is 1. The van der Waals surface area contributed by atoms with Crippen LogP contribution in [0.3, 0.4) is 0 Å². The van der Waals surface area contributed by atoms with Gasteiger partial charge in [-0.15, -0.1) is 6.58 Å². The molecule has 4 unspecified atom stereocenters. The SMILES string of the molecule is C=CCN(CC1OC(c2ccc(CNC(=O)NC34CC5CC(CC(C5)C3)C4)cc2)OC(c2ccc(CO)cc2)C1C)C1CCCC1. The van der Waals surface area contributed by atoms with Crippen molar-refractivity contribution in [2.45, 2.75) is 114 Å². The van der Waals surface area contributed by atoms with Crippen LogP contribution >= 0.6 is 0 Å². The number of carbonyl (C=O) groups is 1. The van der Waals surface area contributed by atoms with Crippen molar-refractivity contribution < 1.29 is 19.4 Å². The van der Waals surface area contributed by atoms with E-state index in [-0.39, 0.29) is 36.3 Å². The molecule has 7 nitrogen and oxygen atoms in total. The molecule has 2 aromatic carbocycles. The monoisotopic (exact) mass is 627 g/mol. The summed E-state index contributed by atoms with van der Waals surface area (Å²) < 4.78 is 13.5. The van der Waals surface area contributed by atoms with Gasteiger partial charge in [0.15, 0.2) is 6.29 Å². The Morgan fingerprint density at radius 3 is 2.15 bits per heavy atom.